The summed E-state index contributed by atoms with van der Waals surface area (Å²) in [4.78, 5) is 2.28. The zero-order chi connectivity index (χ0) is 23.4. The number of anilines is 1. The highest BCUT2D eigenvalue weighted by Gasteiger charge is 2.35. The number of benzene rings is 2. The summed E-state index contributed by atoms with van der Waals surface area (Å²) in [5.41, 5.74) is 0.474. The van der Waals surface area contributed by atoms with E-state index in [-0.39, 0.29) is 10.9 Å². The summed E-state index contributed by atoms with van der Waals surface area (Å²) in [6, 6.07) is 13.5. The summed E-state index contributed by atoms with van der Waals surface area (Å²) in [6.45, 7) is 2.11. The summed E-state index contributed by atoms with van der Waals surface area (Å²) in [7, 11) is -0.915. The number of hydrogen-bond acceptors (Lipinski definition) is 6. The van der Waals surface area contributed by atoms with Gasteiger partial charge in [-0.3, -0.25) is 9.21 Å². The van der Waals surface area contributed by atoms with E-state index in [0.717, 1.165) is 17.9 Å². The Kier molecular flexibility index (Phi) is 6.90. The van der Waals surface area contributed by atoms with E-state index in [4.69, 9.17) is 13.9 Å². The molecule has 0 N–H and O–H groups in total. The first kappa shape index (κ1) is 23.1. The molecule has 3 aromatic rings. The third-order valence-electron chi connectivity index (χ3n) is 5.84. The third-order valence-corrected chi connectivity index (χ3v) is 7.74. The summed E-state index contributed by atoms with van der Waals surface area (Å²) in [5, 5.41) is 0. The maximum absolute atomic E-state index is 13.7. The topological polar surface area (TPSA) is 72.2 Å². The van der Waals surface area contributed by atoms with Crippen LogP contribution in [0.1, 0.15) is 18.6 Å². The lowest BCUT2D eigenvalue weighted by atomic mass is 10.0. The number of furan rings is 1. The molecule has 33 heavy (non-hydrogen) atoms. The Balaban J connectivity index is 1.65. The molecule has 0 atom stereocenters. The van der Waals surface area contributed by atoms with Crippen molar-refractivity contribution in [2.24, 2.45) is 0 Å². The molecule has 1 aromatic heterocycles. The van der Waals surface area contributed by atoms with Gasteiger partial charge in [0.05, 0.1) is 37.6 Å². The third kappa shape index (κ3) is 4.99. The largest absolute Gasteiger partial charge is 0.493 e. The molecule has 0 unspecified atom stereocenters. The minimum Gasteiger partial charge on any atom is -0.493 e. The molecule has 0 amide bonds. The van der Waals surface area contributed by atoms with Crippen molar-refractivity contribution < 1.29 is 26.7 Å². The second-order valence-electron chi connectivity index (χ2n) is 7.88. The van der Waals surface area contributed by atoms with Crippen LogP contribution in [0.15, 0.2) is 70.2 Å². The normalized spacial score (nSPS) is 15.4. The Hall–Kier alpha value is -3.04. The van der Waals surface area contributed by atoms with Gasteiger partial charge in [-0.05, 0) is 61.4 Å². The van der Waals surface area contributed by atoms with Crippen molar-refractivity contribution in [3.8, 4) is 11.5 Å². The van der Waals surface area contributed by atoms with Gasteiger partial charge in [-0.1, -0.05) is 0 Å². The van der Waals surface area contributed by atoms with Crippen LogP contribution in [-0.4, -0.2) is 46.7 Å². The molecule has 9 heteroatoms. The monoisotopic (exact) mass is 474 g/mol. The van der Waals surface area contributed by atoms with Crippen LogP contribution in [0.25, 0.3) is 0 Å². The van der Waals surface area contributed by atoms with Crippen molar-refractivity contribution in [3.63, 3.8) is 0 Å². The molecule has 1 saturated heterocycles. The molecule has 0 bridgehead atoms. The number of piperidine rings is 1. The zero-order valence-electron chi connectivity index (χ0n) is 18.6. The van der Waals surface area contributed by atoms with Gasteiger partial charge in [0.1, 0.15) is 11.6 Å². The van der Waals surface area contributed by atoms with Gasteiger partial charge in [0, 0.05) is 25.2 Å². The van der Waals surface area contributed by atoms with Gasteiger partial charge in [0.2, 0.25) is 0 Å². The van der Waals surface area contributed by atoms with Crippen LogP contribution >= 0.6 is 0 Å². The summed E-state index contributed by atoms with van der Waals surface area (Å²) < 4.78 is 58.6. The Labute approximate surface area is 193 Å². The van der Waals surface area contributed by atoms with Crippen LogP contribution < -0.4 is 13.8 Å². The van der Waals surface area contributed by atoms with E-state index in [1.54, 1.807) is 24.5 Å². The molecule has 7 nitrogen and oxygen atoms in total. The molecule has 2 heterocycles. The molecule has 1 fully saturated rings. The smallest absolute Gasteiger partial charge is 0.264 e. The average molecular weight is 475 g/mol. The van der Waals surface area contributed by atoms with E-state index in [9.17, 15) is 12.8 Å². The lowest BCUT2D eigenvalue weighted by Gasteiger charge is -2.39. The van der Waals surface area contributed by atoms with Gasteiger partial charge in [0.15, 0.2) is 11.5 Å². The van der Waals surface area contributed by atoms with Crippen LogP contribution in [0.3, 0.4) is 0 Å². The quantitative estimate of drug-likeness (QED) is 0.485. The van der Waals surface area contributed by atoms with E-state index < -0.39 is 15.8 Å². The predicted molar refractivity (Wildman–Crippen MR) is 123 cm³/mol. The Morgan fingerprint density at radius 3 is 2.33 bits per heavy atom. The molecular formula is C24H27FN2O5S. The van der Waals surface area contributed by atoms with Gasteiger partial charge >= 0.3 is 0 Å². The highest BCUT2D eigenvalue weighted by atomic mass is 32.2. The van der Waals surface area contributed by atoms with Crippen molar-refractivity contribution in [2.45, 2.75) is 30.3 Å². The van der Waals surface area contributed by atoms with E-state index >= 15 is 0 Å². The maximum atomic E-state index is 13.7. The van der Waals surface area contributed by atoms with E-state index in [2.05, 4.69) is 4.90 Å². The number of methoxy groups -OCH3 is 2. The van der Waals surface area contributed by atoms with Crippen LogP contribution in [-0.2, 0) is 16.6 Å². The molecule has 1 aliphatic rings. The number of hydrogen-bond donors (Lipinski definition) is 0. The Bertz CT molecular complexity index is 1160. The average Bonchev–Trinajstić information content (AvgIpc) is 3.33. The number of rotatable bonds is 8. The molecule has 1 aliphatic heterocycles. The minimum absolute atomic E-state index is 0.0386. The molecular weight excluding hydrogens is 447 g/mol. The second-order valence-corrected chi connectivity index (χ2v) is 9.70. The molecule has 0 spiro atoms. The van der Waals surface area contributed by atoms with Crippen LogP contribution in [0.5, 0.6) is 11.5 Å². The number of halogens is 1. The summed E-state index contributed by atoms with van der Waals surface area (Å²) in [6.07, 6.45) is 2.92. The van der Waals surface area contributed by atoms with E-state index in [1.165, 1.54) is 30.7 Å². The van der Waals surface area contributed by atoms with Crippen LogP contribution in [0.4, 0.5) is 10.1 Å². The zero-order valence-corrected chi connectivity index (χ0v) is 19.4. The fraction of sp³-hybridized carbons (Fsp3) is 0.333. The highest BCUT2D eigenvalue weighted by Crippen LogP contribution is 2.36. The fourth-order valence-electron chi connectivity index (χ4n) is 4.16. The van der Waals surface area contributed by atoms with Gasteiger partial charge in [-0.2, -0.15) is 0 Å². The van der Waals surface area contributed by atoms with Crippen molar-refractivity contribution in [1.82, 2.24) is 4.90 Å². The first-order chi connectivity index (χ1) is 15.9. The molecule has 0 radical (unpaired) electrons. The van der Waals surface area contributed by atoms with Gasteiger partial charge < -0.3 is 13.9 Å². The van der Waals surface area contributed by atoms with Crippen molar-refractivity contribution in [2.75, 3.05) is 31.6 Å². The van der Waals surface area contributed by atoms with Crippen molar-refractivity contribution in [3.05, 3.63) is 72.4 Å². The molecule has 0 aliphatic carbocycles. The number of sulfonamides is 1. The maximum Gasteiger partial charge on any atom is 0.264 e. The van der Waals surface area contributed by atoms with E-state index in [1.807, 2.05) is 12.1 Å². The lowest BCUT2D eigenvalue weighted by molar-refractivity contribution is 0.193. The van der Waals surface area contributed by atoms with Crippen LogP contribution in [0, 0.1) is 5.82 Å². The SMILES string of the molecule is COc1ccc(N(C2CCN(Cc3ccco3)CC2)S(=O)(=O)c2ccc(F)cc2)cc1OC. The van der Waals surface area contributed by atoms with Gasteiger partial charge in [-0.25, -0.2) is 12.8 Å². The summed E-state index contributed by atoms with van der Waals surface area (Å²) >= 11 is 0. The number of ether oxygens (including phenoxy) is 2. The number of nitrogens with zero attached hydrogens (tertiary/aromatic N) is 2. The van der Waals surface area contributed by atoms with Crippen molar-refractivity contribution in [1.29, 1.82) is 0 Å². The van der Waals surface area contributed by atoms with Gasteiger partial charge in [0.25, 0.3) is 10.0 Å². The highest BCUT2D eigenvalue weighted by molar-refractivity contribution is 7.92. The number of likely N-dealkylation sites (tertiary alicyclic amines) is 1. The van der Waals surface area contributed by atoms with Crippen molar-refractivity contribution >= 4 is 15.7 Å². The van der Waals surface area contributed by atoms with Crippen LogP contribution in [0.2, 0.25) is 0 Å². The minimum atomic E-state index is -3.95. The molecule has 0 saturated carbocycles. The van der Waals surface area contributed by atoms with Gasteiger partial charge in [-0.15, -0.1) is 0 Å². The van der Waals surface area contributed by atoms with E-state index in [0.29, 0.717) is 49.7 Å². The molecule has 4 rings (SSSR count). The Morgan fingerprint density at radius 2 is 1.73 bits per heavy atom. The lowest BCUT2D eigenvalue weighted by Crippen LogP contribution is -2.47. The predicted octanol–water partition coefficient (Wildman–Crippen LogP) is 4.30. The molecule has 2 aromatic carbocycles. The standard InChI is InChI=1S/C24H27FN2O5S/c1-30-23-10-7-20(16-24(23)31-2)27(33(28,29)22-8-5-18(25)6-9-22)19-11-13-26(14-12-19)17-21-4-3-15-32-21/h3-10,15-16,19H,11-14,17H2,1-2H3. The fourth-order valence-corrected chi connectivity index (χ4v) is 5.86. The Morgan fingerprint density at radius 1 is 1.03 bits per heavy atom. The first-order valence-corrected chi connectivity index (χ1v) is 12.1. The first-order valence-electron chi connectivity index (χ1n) is 10.7. The summed E-state index contributed by atoms with van der Waals surface area (Å²) in [5.74, 6) is 1.33. The second kappa shape index (κ2) is 9.84. The molecule has 176 valence electrons.